The number of rotatable bonds is 5. The van der Waals surface area contributed by atoms with E-state index in [1.807, 2.05) is 13.0 Å². The van der Waals surface area contributed by atoms with E-state index >= 15 is 0 Å². The van der Waals surface area contributed by atoms with Gasteiger partial charge in [-0.25, -0.2) is 4.79 Å². The van der Waals surface area contributed by atoms with Crippen LogP contribution in [0.5, 0.6) is 5.75 Å². The molecule has 0 aromatic heterocycles. The van der Waals surface area contributed by atoms with Crippen LogP contribution in [0.3, 0.4) is 0 Å². The lowest BCUT2D eigenvalue weighted by atomic mass is 10.2. The van der Waals surface area contributed by atoms with Gasteiger partial charge in [-0.1, -0.05) is 6.92 Å². The standard InChI is InChI=1S/C14H20N2O4/c1-9-7-11(20-4)5-6-12(9)15-14(19)16(3)8-10(2)13(17)18/h5-7,10H,8H2,1-4H3,(H,15,19)(H,17,18). The number of nitrogens with one attached hydrogen (secondary N) is 1. The van der Waals surface area contributed by atoms with E-state index in [1.54, 1.807) is 33.2 Å². The number of carboxylic acids is 1. The number of aryl methyl sites for hydroxylation is 1. The quantitative estimate of drug-likeness (QED) is 0.866. The highest BCUT2D eigenvalue weighted by molar-refractivity contribution is 5.90. The Morgan fingerprint density at radius 3 is 2.60 bits per heavy atom. The largest absolute Gasteiger partial charge is 0.497 e. The summed E-state index contributed by atoms with van der Waals surface area (Å²) in [5.41, 5.74) is 1.54. The zero-order valence-corrected chi connectivity index (χ0v) is 12.1. The zero-order valence-electron chi connectivity index (χ0n) is 12.1. The Bertz CT molecular complexity index is 502. The normalized spacial score (nSPS) is 11.6. The van der Waals surface area contributed by atoms with E-state index < -0.39 is 11.9 Å². The van der Waals surface area contributed by atoms with Crippen LogP contribution in [0.1, 0.15) is 12.5 Å². The molecule has 2 amide bonds. The number of hydrogen-bond acceptors (Lipinski definition) is 3. The van der Waals surface area contributed by atoms with E-state index in [9.17, 15) is 9.59 Å². The van der Waals surface area contributed by atoms with E-state index in [4.69, 9.17) is 9.84 Å². The summed E-state index contributed by atoms with van der Waals surface area (Å²) in [5, 5.41) is 11.6. The molecule has 1 unspecified atom stereocenters. The van der Waals surface area contributed by atoms with Gasteiger partial charge in [0.15, 0.2) is 0 Å². The van der Waals surface area contributed by atoms with Gasteiger partial charge in [0.2, 0.25) is 0 Å². The summed E-state index contributed by atoms with van der Waals surface area (Å²) in [6, 6.07) is 4.98. The maximum absolute atomic E-state index is 12.0. The molecule has 6 nitrogen and oxygen atoms in total. The number of methoxy groups -OCH3 is 1. The van der Waals surface area contributed by atoms with Crippen molar-refractivity contribution in [2.75, 3.05) is 26.0 Å². The maximum atomic E-state index is 12.0. The molecule has 1 rings (SSSR count). The highest BCUT2D eigenvalue weighted by Crippen LogP contribution is 2.21. The van der Waals surface area contributed by atoms with Gasteiger partial charge >= 0.3 is 12.0 Å². The summed E-state index contributed by atoms with van der Waals surface area (Å²) in [7, 11) is 3.14. The van der Waals surface area contributed by atoms with Crippen molar-refractivity contribution in [3.05, 3.63) is 23.8 Å². The second kappa shape index (κ2) is 6.79. The predicted molar refractivity (Wildman–Crippen MR) is 76.2 cm³/mol. The monoisotopic (exact) mass is 280 g/mol. The average Bonchev–Trinajstić information content (AvgIpc) is 2.40. The van der Waals surface area contributed by atoms with Crippen molar-refractivity contribution in [1.82, 2.24) is 4.90 Å². The molecule has 0 aliphatic rings. The van der Waals surface area contributed by atoms with E-state index in [0.717, 1.165) is 5.56 Å². The highest BCUT2D eigenvalue weighted by atomic mass is 16.5. The lowest BCUT2D eigenvalue weighted by molar-refractivity contribution is -0.141. The van der Waals surface area contributed by atoms with Crippen molar-refractivity contribution in [1.29, 1.82) is 0 Å². The number of ether oxygens (including phenoxy) is 1. The molecule has 2 N–H and O–H groups in total. The number of benzene rings is 1. The number of urea groups is 1. The van der Waals surface area contributed by atoms with Crippen LogP contribution in [-0.2, 0) is 4.79 Å². The van der Waals surface area contributed by atoms with Gasteiger partial charge in [0.25, 0.3) is 0 Å². The summed E-state index contributed by atoms with van der Waals surface area (Å²) in [6.45, 7) is 3.57. The van der Waals surface area contributed by atoms with Crippen molar-refractivity contribution < 1.29 is 19.4 Å². The number of hydrogen-bond donors (Lipinski definition) is 2. The lowest BCUT2D eigenvalue weighted by Gasteiger charge is -2.20. The first kappa shape index (κ1) is 15.8. The molecule has 20 heavy (non-hydrogen) atoms. The topological polar surface area (TPSA) is 78.9 Å². The zero-order chi connectivity index (χ0) is 15.3. The molecule has 6 heteroatoms. The van der Waals surface area contributed by atoms with Gasteiger partial charge in [0, 0.05) is 19.3 Å². The van der Waals surface area contributed by atoms with Crippen molar-refractivity contribution >= 4 is 17.7 Å². The molecule has 1 atom stereocenters. The highest BCUT2D eigenvalue weighted by Gasteiger charge is 2.17. The van der Waals surface area contributed by atoms with Crippen LogP contribution >= 0.6 is 0 Å². The van der Waals surface area contributed by atoms with E-state index in [0.29, 0.717) is 11.4 Å². The van der Waals surface area contributed by atoms with Gasteiger partial charge in [-0.3, -0.25) is 4.79 Å². The second-order valence-electron chi connectivity index (χ2n) is 4.73. The number of aliphatic carboxylic acids is 1. The fraction of sp³-hybridized carbons (Fsp3) is 0.429. The Morgan fingerprint density at radius 1 is 1.45 bits per heavy atom. The molecular formula is C14H20N2O4. The molecule has 110 valence electrons. The summed E-state index contributed by atoms with van der Waals surface area (Å²) < 4.78 is 5.09. The SMILES string of the molecule is COc1ccc(NC(=O)N(C)CC(C)C(=O)O)c(C)c1. The van der Waals surface area contributed by atoms with Crippen LogP contribution in [0.15, 0.2) is 18.2 Å². The van der Waals surface area contributed by atoms with Crippen LogP contribution < -0.4 is 10.1 Å². The summed E-state index contributed by atoms with van der Waals surface area (Å²) in [6.07, 6.45) is 0. The molecule has 0 spiro atoms. The van der Waals surface area contributed by atoms with Gasteiger partial charge in [-0.05, 0) is 30.7 Å². The Hall–Kier alpha value is -2.24. The minimum absolute atomic E-state index is 0.149. The fourth-order valence-corrected chi connectivity index (χ4v) is 1.69. The van der Waals surface area contributed by atoms with Crippen LogP contribution in [0, 0.1) is 12.8 Å². The van der Waals surface area contributed by atoms with Crippen molar-refractivity contribution in [3.8, 4) is 5.75 Å². The van der Waals surface area contributed by atoms with Gasteiger partial charge < -0.3 is 20.1 Å². The average molecular weight is 280 g/mol. The van der Waals surface area contributed by atoms with Gasteiger partial charge in [0.05, 0.1) is 13.0 Å². The second-order valence-corrected chi connectivity index (χ2v) is 4.73. The molecule has 0 saturated carbocycles. The molecule has 1 aromatic carbocycles. The smallest absolute Gasteiger partial charge is 0.321 e. The van der Waals surface area contributed by atoms with Gasteiger partial charge in [0.1, 0.15) is 5.75 Å². The van der Waals surface area contributed by atoms with Gasteiger partial charge in [-0.2, -0.15) is 0 Å². The van der Waals surface area contributed by atoms with E-state index in [2.05, 4.69) is 5.32 Å². The molecule has 0 bridgehead atoms. The summed E-state index contributed by atoms with van der Waals surface area (Å²) in [5.74, 6) is -0.818. The fourth-order valence-electron chi connectivity index (χ4n) is 1.69. The summed E-state index contributed by atoms with van der Waals surface area (Å²) >= 11 is 0. The molecule has 1 aromatic rings. The Kier molecular flexibility index (Phi) is 5.37. The van der Waals surface area contributed by atoms with Crippen molar-refractivity contribution in [3.63, 3.8) is 0 Å². The maximum Gasteiger partial charge on any atom is 0.321 e. The molecule has 0 radical (unpaired) electrons. The minimum atomic E-state index is -0.926. The predicted octanol–water partition coefficient (Wildman–Crippen LogP) is 2.19. The number of carbonyl (C=O) groups is 2. The molecule has 0 aliphatic carbocycles. The molecule has 0 saturated heterocycles. The number of carboxylic acid groups (broad SMARTS) is 1. The minimum Gasteiger partial charge on any atom is -0.497 e. The first-order valence-electron chi connectivity index (χ1n) is 6.24. The van der Waals surface area contributed by atoms with E-state index in [-0.39, 0.29) is 12.6 Å². The third-order valence-corrected chi connectivity index (χ3v) is 2.99. The first-order valence-corrected chi connectivity index (χ1v) is 6.24. The molecule has 0 heterocycles. The van der Waals surface area contributed by atoms with Crippen LogP contribution in [-0.4, -0.2) is 42.7 Å². The third-order valence-electron chi connectivity index (χ3n) is 2.99. The number of amides is 2. The Labute approximate surface area is 118 Å². The third kappa shape index (κ3) is 4.15. The molecular weight excluding hydrogens is 260 g/mol. The Morgan fingerprint density at radius 2 is 2.10 bits per heavy atom. The van der Waals surface area contributed by atoms with Crippen molar-refractivity contribution in [2.24, 2.45) is 5.92 Å². The van der Waals surface area contributed by atoms with Gasteiger partial charge in [-0.15, -0.1) is 0 Å². The molecule has 0 aliphatic heterocycles. The number of nitrogens with zero attached hydrogens (tertiary/aromatic N) is 1. The van der Waals surface area contributed by atoms with Crippen LogP contribution in [0.25, 0.3) is 0 Å². The Balaban J connectivity index is 2.68. The van der Waals surface area contributed by atoms with Crippen LogP contribution in [0.4, 0.5) is 10.5 Å². The number of carbonyl (C=O) groups excluding carboxylic acids is 1. The van der Waals surface area contributed by atoms with Crippen molar-refractivity contribution in [2.45, 2.75) is 13.8 Å². The molecule has 0 fully saturated rings. The lowest BCUT2D eigenvalue weighted by Crippen LogP contribution is -2.36. The number of anilines is 1. The van der Waals surface area contributed by atoms with Crippen LogP contribution in [0.2, 0.25) is 0 Å². The summed E-state index contributed by atoms with van der Waals surface area (Å²) in [4.78, 5) is 24.1. The van der Waals surface area contributed by atoms with E-state index in [1.165, 1.54) is 4.90 Å². The first-order chi connectivity index (χ1) is 9.35.